The van der Waals surface area contributed by atoms with Gasteiger partial charge in [0.25, 0.3) is 0 Å². The van der Waals surface area contributed by atoms with Gasteiger partial charge in [-0.2, -0.15) is 5.26 Å². The molecule has 0 bridgehead atoms. The van der Waals surface area contributed by atoms with Crippen LogP contribution >= 0.6 is 0 Å². The summed E-state index contributed by atoms with van der Waals surface area (Å²) < 4.78 is 10.5. The summed E-state index contributed by atoms with van der Waals surface area (Å²) in [4.78, 5) is 0. The van der Waals surface area contributed by atoms with Crippen LogP contribution in [0.3, 0.4) is 0 Å². The fourth-order valence-electron chi connectivity index (χ4n) is 2.39. The second-order valence-corrected chi connectivity index (χ2v) is 5.05. The Labute approximate surface area is 119 Å². The minimum Gasteiger partial charge on any atom is -0.495 e. The molecule has 1 aromatic carbocycles. The maximum atomic E-state index is 9.61. The van der Waals surface area contributed by atoms with Crippen LogP contribution in [0.1, 0.15) is 24.0 Å². The van der Waals surface area contributed by atoms with Gasteiger partial charge < -0.3 is 19.9 Å². The summed E-state index contributed by atoms with van der Waals surface area (Å²) >= 11 is 0. The molecule has 0 unspecified atom stereocenters. The molecule has 0 radical (unpaired) electrons. The number of ether oxygens (including phenoxy) is 2. The van der Waals surface area contributed by atoms with Crippen LogP contribution in [0.5, 0.6) is 5.75 Å². The predicted octanol–water partition coefficient (Wildman–Crippen LogP) is 1.20. The van der Waals surface area contributed by atoms with Crippen LogP contribution in [0.4, 0.5) is 0 Å². The molecule has 20 heavy (non-hydrogen) atoms. The van der Waals surface area contributed by atoms with Crippen molar-refractivity contribution >= 4 is 0 Å². The number of benzene rings is 1. The highest BCUT2D eigenvalue weighted by Crippen LogP contribution is 2.22. The average molecular weight is 276 g/mol. The normalized spacial score (nSPS) is 17.4. The van der Waals surface area contributed by atoms with E-state index in [1.807, 2.05) is 12.1 Å². The van der Waals surface area contributed by atoms with Crippen LogP contribution in [0.25, 0.3) is 0 Å². The van der Waals surface area contributed by atoms with Gasteiger partial charge in [0.1, 0.15) is 11.8 Å². The quantitative estimate of drug-likeness (QED) is 0.845. The van der Waals surface area contributed by atoms with E-state index in [0.717, 1.165) is 18.4 Å². The number of hydrogen-bond donors (Lipinski definition) is 2. The van der Waals surface area contributed by atoms with E-state index in [0.29, 0.717) is 31.1 Å². The minimum atomic E-state index is -0.273. The molecule has 5 heteroatoms. The molecule has 2 N–H and O–H groups in total. The predicted molar refractivity (Wildman–Crippen MR) is 74.4 cm³/mol. The average Bonchev–Trinajstić information content (AvgIpc) is 2.53. The van der Waals surface area contributed by atoms with Crippen molar-refractivity contribution in [3.63, 3.8) is 0 Å². The summed E-state index contributed by atoms with van der Waals surface area (Å²) in [6.45, 7) is 2.04. The lowest BCUT2D eigenvalue weighted by Gasteiger charge is -2.36. The maximum absolute atomic E-state index is 9.61. The van der Waals surface area contributed by atoms with Crippen molar-refractivity contribution in [2.24, 2.45) is 0 Å². The van der Waals surface area contributed by atoms with Crippen molar-refractivity contribution in [1.82, 2.24) is 5.32 Å². The third-order valence-electron chi connectivity index (χ3n) is 3.80. The van der Waals surface area contributed by atoms with Crippen LogP contribution in [0.15, 0.2) is 18.2 Å². The number of aliphatic hydroxyl groups excluding tert-OH is 1. The smallest absolute Gasteiger partial charge is 0.136 e. The second kappa shape index (κ2) is 6.71. The number of aliphatic hydroxyl groups is 1. The first-order valence-electron chi connectivity index (χ1n) is 6.74. The van der Waals surface area contributed by atoms with E-state index in [1.165, 1.54) is 0 Å². The van der Waals surface area contributed by atoms with E-state index in [-0.39, 0.29) is 12.1 Å². The Morgan fingerprint density at radius 1 is 1.45 bits per heavy atom. The Morgan fingerprint density at radius 2 is 2.20 bits per heavy atom. The van der Waals surface area contributed by atoms with Crippen LogP contribution in [0.2, 0.25) is 0 Å². The number of methoxy groups -OCH3 is 1. The number of nitrogens with one attached hydrogen (secondary N) is 1. The van der Waals surface area contributed by atoms with E-state index < -0.39 is 0 Å². The lowest BCUT2D eigenvalue weighted by atomic mass is 9.90. The number of nitriles is 1. The van der Waals surface area contributed by atoms with Crippen molar-refractivity contribution in [1.29, 1.82) is 5.26 Å². The highest BCUT2D eigenvalue weighted by atomic mass is 16.5. The molecular formula is C15H20N2O3. The molecule has 1 fully saturated rings. The van der Waals surface area contributed by atoms with Gasteiger partial charge in [-0.15, -0.1) is 0 Å². The maximum Gasteiger partial charge on any atom is 0.136 e. The van der Waals surface area contributed by atoms with E-state index >= 15 is 0 Å². The summed E-state index contributed by atoms with van der Waals surface area (Å²) in [6.07, 6.45) is 1.59. The zero-order valence-corrected chi connectivity index (χ0v) is 11.7. The molecule has 1 aliphatic heterocycles. The Kier molecular flexibility index (Phi) is 4.96. The Balaban J connectivity index is 2.05. The molecule has 1 heterocycles. The highest BCUT2D eigenvalue weighted by molar-refractivity contribution is 5.45. The molecule has 1 saturated heterocycles. The van der Waals surface area contributed by atoms with E-state index in [2.05, 4.69) is 11.4 Å². The van der Waals surface area contributed by atoms with Gasteiger partial charge in [-0.05, 0) is 30.5 Å². The Morgan fingerprint density at radius 3 is 2.80 bits per heavy atom. The first-order chi connectivity index (χ1) is 9.73. The molecule has 108 valence electrons. The lowest BCUT2D eigenvalue weighted by molar-refractivity contribution is 0.0112. The first-order valence-corrected chi connectivity index (χ1v) is 6.74. The standard InChI is InChI=1S/C15H20N2O3/c1-19-14-3-2-12(8-13(14)9-16)10-17-15(11-18)4-6-20-7-5-15/h2-3,8,17-18H,4-7,10-11H2,1H3. The van der Waals surface area contributed by atoms with Gasteiger partial charge in [0.2, 0.25) is 0 Å². The van der Waals surface area contributed by atoms with Crippen LogP contribution < -0.4 is 10.1 Å². The van der Waals surface area contributed by atoms with E-state index in [1.54, 1.807) is 13.2 Å². The van der Waals surface area contributed by atoms with Crippen molar-refractivity contribution in [3.05, 3.63) is 29.3 Å². The first kappa shape index (κ1) is 14.8. The largest absolute Gasteiger partial charge is 0.495 e. The van der Waals surface area contributed by atoms with Crippen LogP contribution in [-0.2, 0) is 11.3 Å². The van der Waals surface area contributed by atoms with Gasteiger partial charge in [-0.3, -0.25) is 0 Å². The van der Waals surface area contributed by atoms with Gasteiger partial charge in [-0.25, -0.2) is 0 Å². The summed E-state index contributed by atoms with van der Waals surface area (Å²) in [5, 5.41) is 22.1. The van der Waals surface area contributed by atoms with Gasteiger partial charge in [0.15, 0.2) is 0 Å². The van der Waals surface area contributed by atoms with Gasteiger partial charge in [-0.1, -0.05) is 6.07 Å². The fourth-order valence-corrected chi connectivity index (χ4v) is 2.39. The monoisotopic (exact) mass is 276 g/mol. The Bertz CT molecular complexity index is 490. The summed E-state index contributed by atoms with van der Waals surface area (Å²) in [6, 6.07) is 7.67. The Hall–Kier alpha value is -1.61. The van der Waals surface area contributed by atoms with Crippen LogP contribution in [-0.4, -0.2) is 37.6 Å². The van der Waals surface area contributed by atoms with E-state index in [9.17, 15) is 5.11 Å². The molecule has 0 amide bonds. The molecule has 0 aromatic heterocycles. The molecule has 2 rings (SSSR count). The van der Waals surface area contributed by atoms with E-state index in [4.69, 9.17) is 14.7 Å². The highest BCUT2D eigenvalue weighted by Gasteiger charge is 2.31. The second-order valence-electron chi connectivity index (χ2n) is 5.05. The third-order valence-corrected chi connectivity index (χ3v) is 3.80. The topological polar surface area (TPSA) is 74.5 Å². The van der Waals surface area contributed by atoms with Gasteiger partial charge in [0, 0.05) is 25.3 Å². The fraction of sp³-hybridized carbons (Fsp3) is 0.533. The van der Waals surface area contributed by atoms with Crippen LogP contribution in [0, 0.1) is 11.3 Å². The number of rotatable bonds is 5. The van der Waals surface area contributed by atoms with Crippen molar-refractivity contribution in [3.8, 4) is 11.8 Å². The van der Waals surface area contributed by atoms with Gasteiger partial charge >= 0.3 is 0 Å². The molecule has 0 spiro atoms. The molecular weight excluding hydrogens is 256 g/mol. The molecule has 0 aliphatic carbocycles. The summed E-state index contributed by atoms with van der Waals surface area (Å²) in [5.41, 5.74) is 1.25. The van der Waals surface area contributed by atoms with Gasteiger partial charge in [0.05, 0.1) is 19.3 Å². The molecule has 1 aromatic rings. The number of hydrogen-bond acceptors (Lipinski definition) is 5. The summed E-state index contributed by atoms with van der Waals surface area (Å²) in [7, 11) is 1.55. The number of nitrogens with zero attached hydrogens (tertiary/aromatic N) is 1. The van der Waals surface area contributed by atoms with Crippen molar-refractivity contribution in [2.75, 3.05) is 26.9 Å². The minimum absolute atomic E-state index is 0.0949. The zero-order chi connectivity index (χ0) is 14.4. The SMILES string of the molecule is COc1ccc(CNC2(CO)CCOCC2)cc1C#N. The molecule has 5 nitrogen and oxygen atoms in total. The third kappa shape index (κ3) is 3.28. The van der Waals surface area contributed by atoms with Crippen molar-refractivity contribution < 1.29 is 14.6 Å². The molecule has 0 atom stereocenters. The zero-order valence-electron chi connectivity index (χ0n) is 11.7. The lowest BCUT2D eigenvalue weighted by Crippen LogP contribution is -2.51. The summed E-state index contributed by atoms with van der Waals surface area (Å²) in [5.74, 6) is 0.583. The molecule has 1 aliphatic rings. The van der Waals surface area contributed by atoms with Crippen molar-refractivity contribution in [2.45, 2.75) is 24.9 Å². The molecule has 0 saturated carbocycles.